The Morgan fingerprint density at radius 1 is 0.775 bits per heavy atom. The molecule has 0 spiro atoms. The molecule has 0 aromatic heterocycles. The lowest BCUT2D eigenvalue weighted by molar-refractivity contribution is -0.145. The van der Waals surface area contributed by atoms with Crippen molar-refractivity contribution < 1.29 is 29.1 Å². The number of nitrogens with zero attached hydrogens (tertiary/aromatic N) is 1. The Balaban J connectivity index is 1.63. The summed E-state index contributed by atoms with van der Waals surface area (Å²) in [6, 6.07) is 14.7. The predicted molar refractivity (Wildman–Crippen MR) is 149 cm³/mol. The van der Waals surface area contributed by atoms with E-state index in [9.17, 15) is 29.1 Å². The fourth-order valence-electron chi connectivity index (χ4n) is 4.86. The van der Waals surface area contributed by atoms with E-state index in [0.717, 1.165) is 11.1 Å². The van der Waals surface area contributed by atoms with Gasteiger partial charge in [0.1, 0.15) is 24.2 Å². The average Bonchev–Trinajstić information content (AvgIpc) is 3.42. The smallest absolute Gasteiger partial charge is 0.326 e. The van der Waals surface area contributed by atoms with Crippen molar-refractivity contribution in [1.29, 1.82) is 0 Å². The fraction of sp³-hybridized carbons (Fsp3) is 0.433. The number of aliphatic carboxylic acids is 1. The van der Waals surface area contributed by atoms with Gasteiger partial charge in [-0.3, -0.25) is 19.2 Å². The van der Waals surface area contributed by atoms with Crippen molar-refractivity contribution in [3.05, 3.63) is 71.8 Å². The first-order valence-electron chi connectivity index (χ1n) is 13.6. The van der Waals surface area contributed by atoms with Crippen molar-refractivity contribution in [3.63, 3.8) is 0 Å². The minimum absolute atomic E-state index is 0.318. The van der Waals surface area contributed by atoms with Crippen LogP contribution in [0.4, 0.5) is 0 Å². The molecule has 10 heteroatoms. The number of carboxylic acid groups (broad SMARTS) is 1. The summed E-state index contributed by atoms with van der Waals surface area (Å²) in [7, 11) is 0. The van der Waals surface area contributed by atoms with Crippen molar-refractivity contribution in [2.45, 2.75) is 70.6 Å². The lowest BCUT2D eigenvalue weighted by Crippen LogP contribution is -2.57. The molecule has 4 N–H and O–H groups in total. The Morgan fingerprint density at radius 3 is 1.80 bits per heavy atom. The van der Waals surface area contributed by atoms with Gasteiger partial charge in [0.2, 0.25) is 23.6 Å². The molecule has 1 saturated heterocycles. The number of likely N-dealkylation sites (tertiary alicyclic amines) is 1. The number of hydrogen-bond donors (Lipinski definition) is 4. The van der Waals surface area contributed by atoms with Crippen LogP contribution in [0.5, 0.6) is 0 Å². The number of carboxylic acids is 1. The number of rotatable bonds is 11. The molecule has 1 aliphatic rings. The second-order valence-corrected chi connectivity index (χ2v) is 10.5. The van der Waals surface area contributed by atoms with Crippen LogP contribution in [0.15, 0.2) is 60.7 Å². The average molecular weight is 551 g/mol. The molecule has 1 aliphatic heterocycles. The van der Waals surface area contributed by atoms with Crippen molar-refractivity contribution >= 4 is 29.6 Å². The van der Waals surface area contributed by atoms with E-state index in [1.165, 1.54) is 11.8 Å². The minimum Gasteiger partial charge on any atom is -0.480 e. The number of carbonyl (C=O) groups excluding carboxylic acids is 4. The topological polar surface area (TPSA) is 145 Å². The highest BCUT2D eigenvalue weighted by atomic mass is 16.4. The molecule has 0 saturated carbocycles. The number of hydrogen-bond acceptors (Lipinski definition) is 5. The highest BCUT2D eigenvalue weighted by molar-refractivity contribution is 5.96. The molecule has 0 unspecified atom stereocenters. The first-order chi connectivity index (χ1) is 19.0. The van der Waals surface area contributed by atoms with E-state index in [0.29, 0.717) is 19.4 Å². The van der Waals surface area contributed by atoms with Crippen LogP contribution < -0.4 is 16.0 Å². The van der Waals surface area contributed by atoms with Crippen LogP contribution in [-0.4, -0.2) is 70.3 Å². The molecule has 0 radical (unpaired) electrons. The van der Waals surface area contributed by atoms with Crippen LogP contribution >= 0.6 is 0 Å². The van der Waals surface area contributed by atoms with Crippen molar-refractivity contribution in [3.8, 4) is 0 Å². The zero-order chi connectivity index (χ0) is 29.4. The number of amides is 4. The Kier molecular flexibility index (Phi) is 10.4. The third-order valence-corrected chi connectivity index (χ3v) is 7.08. The van der Waals surface area contributed by atoms with E-state index in [1.807, 2.05) is 60.7 Å². The maximum absolute atomic E-state index is 13.3. The van der Waals surface area contributed by atoms with Gasteiger partial charge in [-0.1, -0.05) is 74.5 Å². The molecule has 0 bridgehead atoms. The van der Waals surface area contributed by atoms with E-state index < -0.39 is 53.8 Å². The summed E-state index contributed by atoms with van der Waals surface area (Å²) in [6.07, 6.45) is 0.978. The summed E-state index contributed by atoms with van der Waals surface area (Å²) in [6.45, 7) is 6.76. The van der Waals surface area contributed by atoms with E-state index in [-0.39, 0.29) is 11.8 Å². The molecule has 2 aromatic rings. The van der Waals surface area contributed by atoms with Crippen molar-refractivity contribution in [2.75, 3.05) is 6.54 Å². The molecule has 40 heavy (non-hydrogen) atoms. The second-order valence-electron chi connectivity index (χ2n) is 10.5. The summed E-state index contributed by atoms with van der Waals surface area (Å²) in [5.74, 6) is -3.97. The summed E-state index contributed by atoms with van der Waals surface area (Å²) < 4.78 is 0. The third-order valence-electron chi connectivity index (χ3n) is 7.08. The summed E-state index contributed by atoms with van der Waals surface area (Å²) in [5.41, 5.74) is 1.56. The summed E-state index contributed by atoms with van der Waals surface area (Å²) in [4.78, 5) is 65.2. The largest absolute Gasteiger partial charge is 0.480 e. The predicted octanol–water partition coefficient (Wildman–Crippen LogP) is 2.04. The van der Waals surface area contributed by atoms with Crippen LogP contribution in [0, 0.1) is 5.92 Å². The van der Waals surface area contributed by atoms with Gasteiger partial charge in [-0.15, -0.1) is 0 Å². The molecular formula is C30H38N4O6. The molecule has 3 rings (SSSR count). The number of carbonyl (C=O) groups is 5. The van der Waals surface area contributed by atoms with Gasteiger partial charge in [0.25, 0.3) is 0 Å². The number of nitrogens with one attached hydrogen (secondary N) is 3. The molecule has 1 fully saturated rings. The van der Waals surface area contributed by atoms with Crippen LogP contribution in [-0.2, 0) is 24.0 Å². The van der Waals surface area contributed by atoms with Gasteiger partial charge in [-0.25, -0.2) is 4.79 Å². The van der Waals surface area contributed by atoms with Crippen LogP contribution in [0.25, 0.3) is 0 Å². The highest BCUT2D eigenvalue weighted by Crippen LogP contribution is 2.25. The fourth-order valence-corrected chi connectivity index (χ4v) is 4.86. The van der Waals surface area contributed by atoms with Crippen LogP contribution in [0.2, 0.25) is 0 Å². The Hall–Kier alpha value is -4.21. The van der Waals surface area contributed by atoms with Crippen molar-refractivity contribution in [1.82, 2.24) is 20.9 Å². The molecule has 1 heterocycles. The quantitative estimate of drug-likeness (QED) is 0.337. The summed E-state index contributed by atoms with van der Waals surface area (Å²) in [5, 5.41) is 17.3. The molecule has 4 atom stereocenters. The van der Waals surface area contributed by atoms with Gasteiger partial charge in [0, 0.05) is 6.54 Å². The van der Waals surface area contributed by atoms with Gasteiger partial charge in [0.15, 0.2) is 0 Å². The molecular weight excluding hydrogens is 512 g/mol. The summed E-state index contributed by atoms with van der Waals surface area (Å²) >= 11 is 0. The van der Waals surface area contributed by atoms with E-state index in [4.69, 9.17) is 0 Å². The lowest BCUT2D eigenvalue weighted by atomic mass is 9.90. The Morgan fingerprint density at radius 2 is 1.30 bits per heavy atom. The Labute approximate surface area is 234 Å². The second kappa shape index (κ2) is 13.7. The SMILES string of the molecule is CC(C)[C@H](NC(=O)[C@@H]1CCCN1C(=O)[C@H](C)NC(=O)[C@H](C)NC(=O)C(c1ccccc1)c1ccccc1)C(=O)O. The van der Waals surface area contributed by atoms with Gasteiger partial charge in [-0.05, 0) is 43.7 Å². The molecule has 2 aromatic carbocycles. The standard InChI is InChI=1S/C30H38N4O6/c1-18(2)25(30(39)40)33-27(36)23-16-11-17-34(23)29(38)20(4)32-26(35)19(3)31-28(37)24(21-12-7-5-8-13-21)22-14-9-6-10-15-22/h5-10,12-15,18-20,23-25H,11,16-17H2,1-4H3,(H,31,37)(H,32,35)(H,33,36)(H,39,40)/t19-,20-,23-,25-/m0/s1. The third kappa shape index (κ3) is 7.46. The number of benzene rings is 2. The molecule has 4 amide bonds. The van der Waals surface area contributed by atoms with Gasteiger partial charge >= 0.3 is 5.97 Å². The molecule has 10 nitrogen and oxygen atoms in total. The van der Waals surface area contributed by atoms with Gasteiger partial charge in [0.05, 0.1) is 5.92 Å². The monoisotopic (exact) mass is 550 g/mol. The molecule has 0 aliphatic carbocycles. The van der Waals surface area contributed by atoms with Gasteiger partial charge in [-0.2, -0.15) is 0 Å². The zero-order valence-electron chi connectivity index (χ0n) is 23.3. The van der Waals surface area contributed by atoms with Crippen LogP contribution in [0.3, 0.4) is 0 Å². The first kappa shape index (κ1) is 30.3. The normalized spacial score (nSPS) is 17.1. The van der Waals surface area contributed by atoms with E-state index in [1.54, 1.807) is 20.8 Å². The zero-order valence-corrected chi connectivity index (χ0v) is 23.3. The van der Waals surface area contributed by atoms with Crippen LogP contribution in [0.1, 0.15) is 57.6 Å². The van der Waals surface area contributed by atoms with E-state index >= 15 is 0 Å². The Bertz CT molecular complexity index is 1160. The highest BCUT2D eigenvalue weighted by Gasteiger charge is 2.38. The maximum Gasteiger partial charge on any atom is 0.326 e. The van der Waals surface area contributed by atoms with Gasteiger partial charge < -0.3 is 26.0 Å². The minimum atomic E-state index is -1.14. The van der Waals surface area contributed by atoms with E-state index in [2.05, 4.69) is 16.0 Å². The maximum atomic E-state index is 13.3. The van der Waals surface area contributed by atoms with Crippen molar-refractivity contribution in [2.24, 2.45) is 5.92 Å². The first-order valence-corrected chi connectivity index (χ1v) is 13.6. The lowest BCUT2D eigenvalue weighted by Gasteiger charge is -2.29. The molecule has 214 valence electrons.